The average molecular weight is 438 g/mol. The number of nitrogens with one attached hydrogen (secondary N) is 2. The Morgan fingerprint density at radius 3 is 2.17 bits per heavy atom. The number of anilines is 1. The van der Waals surface area contributed by atoms with E-state index in [9.17, 15) is 19.5 Å². The smallest absolute Gasteiger partial charge is 0.326 e. The molecular formula is C17H15IN2O4. The molecule has 0 radical (unpaired) electrons. The van der Waals surface area contributed by atoms with Crippen LogP contribution >= 0.6 is 22.6 Å². The van der Waals surface area contributed by atoms with Gasteiger partial charge in [-0.1, -0.05) is 30.3 Å². The number of amides is 2. The largest absolute Gasteiger partial charge is 0.480 e. The van der Waals surface area contributed by atoms with Crippen LogP contribution in [0.15, 0.2) is 54.6 Å². The summed E-state index contributed by atoms with van der Waals surface area (Å²) in [5, 5.41) is 14.5. The number of carbonyl (C=O) groups is 3. The molecule has 3 N–H and O–H groups in total. The van der Waals surface area contributed by atoms with Gasteiger partial charge in [-0.05, 0) is 29.8 Å². The standard InChI is InChI=1S/C17H15IN2O4/c18-17(24)19-13-8-6-11(7-9-13)10-14(16(22)23)20-15(21)12-4-2-1-3-5-12/h1-9,14H,10H2,(H,19,24)(H,20,21)(H,22,23). The molecule has 0 fully saturated rings. The summed E-state index contributed by atoms with van der Waals surface area (Å²) in [6.07, 6.45) is 0.145. The summed E-state index contributed by atoms with van der Waals surface area (Å²) in [6.45, 7) is 0. The van der Waals surface area contributed by atoms with Gasteiger partial charge in [-0.2, -0.15) is 0 Å². The topological polar surface area (TPSA) is 95.5 Å². The van der Waals surface area contributed by atoms with E-state index in [1.54, 1.807) is 77.2 Å². The summed E-state index contributed by atoms with van der Waals surface area (Å²) in [7, 11) is 0. The lowest BCUT2D eigenvalue weighted by atomic mass is 10.0. The van der Waals surface area contributed by atoms with Gasteiger partial charge in [0.2, 0.25) is 0 Å². The van der Waals surface area contributed by atoms with Gasteiger partial charge in [-0.15, -0.1) is 0 Å². The number of benzene rings is 2. The molecule has 1 unspecified atom stereocenters. The summed E-state index contributed by atoms with van der Waals surface area (Å²) in [5.41, 5.74) is 1.77. The zero-order chi connectivity index (χ0) is 17.5. The molecule has 2 aromatic rings. The number of rotatable bonds is 6. The molecule has 0 aliphatic rings. The van der Waals surface area contributed by atoms with Gasteiger partial charge >= 0.3 is 5.97 Å². The average Bonchev–Trinajstić information content (AvgIpc) is 2.56. The van der Waals surface area contributed by atoms with Gasteiger partial charge in [0, 0.05) is 40.3 Å². The highest BCUT2D eigenvalue weighted by Gasteiger charge is 2.21. The highest BCUT2D eigenvalue weighted by molar-refractivity contribution is 14.1. The molecule has 2 amide bonds. The van der Waals surface area contributed by atoms with E-state index in [0.717, 1.165) is 5.56 Å². The van der Waals surface area contributed by atoms with Crippen molar-refractivity contribution in [2.45, 2.75) is 12.5 Å². The van der Waals surface area contributed by atoms with E-state index in [4.69, 9.17) is 0 Å². The molecule has 0 aliphatic carbocycles. The summed E-state index contributed by atoms with van der Waals surface area (Å²) in [6, 6.07) is 14.2. The molecular weight excluding hydrogens is 423 g/mol. The third kappa shape index (κ3) is 5.34. The number of carbonyl (C=O) groups excluding carboxylic acids is 2. The number of hydrogen-bond donors (Lipinski definition) is 3. The van der Waals surface area contributed by atoms with Gasteiger partial charge in [-0.3, -0.25) is 9.59 Å². The monoisotopic (exact) mass is 438 g/mol. The Balaban J connectivity index is 2.04. The zero-order valence-electron chi connectivity index (χ0n) is 12.5. The van der Waals surface area contributed by atoms with E-state index in [1.807, 2.05) is 0 Å². The number of carboxylic acid groups (broad SMARTS) is 1. The molecule has 0 saturated carbocycles. The van der Waals surface area contributed by atoms with Crippen LogP contribution in [-0.4, -0.2) is 26.9 Å². The molecule has 0 saturated heterocycles. The van der Waals surface area contributed by atoms with Gasteiger partial charge < -0.3 is 15.7 Å². The summed E-state index contributed by atoms with van der Waals surface area (Å²) >= 11 is 1.63. The lowest BCUT2D eigenvalue weighted by Gasteiger charge is -2.15. The Hall–Kier alpha value is -2.42. The number of halogens is 1. The van der Waals surface area contributed by atoms with E-state index in [2.05, 4.69) is 10.6 Å². The van der Waals surface area contributed by atoms with E-state index in [-0.39, 0.29) is 10.3 Å². The van der Waals surface area contributed by atoms with Gasteiger partial charge in [0.25, 0.3) is 9.82 Å². The van der Waals surface area contributed by atoms with Crippen LogP contribution in [0.2, 0.25) is 0 Å². The molecule has 124 valence electrons. The molecule has 0 aromatic heterocycles. The number of hydrogen-bond acceptors (Lipinski definition) is 3. The van der Waals surface area contributed by atoms with Crippen LogP contribution in [-0.2, 0) is 11.2 Å². The van der Waals surface area contributed by atoms with Crippen molar-refractivity contribution < 1.29 is 19.5 Å². The van der Waals surface area contributed by atoms with Crippen molar-refractivity contribution in [3.8, 4) is 0 Å². The van der Waals surface area contributed by atoms with Gasteiger partial charge in [-0.25, -0.2) is 4.79 Å². The van der Waals surface area contributed by atoms with Crippen LogP contribution < -0.4 is 10.6 Å². The Morgan fingerprint density at radius 1 is 1.00 bits per heavy atom. The van der Waals surface area contributed by atoms with Crippen molar-refractivity contribution >= 4 is 44.1 Å². The highest BCUT2D eigenvalue weighted by atomic mass is 127. The molecule has 0 heterocycles. The number of aliphatic carboxylic acids is 1. The molecule has 0 spiro atoms. The molecule has 6 nitrogen and oxygen atoms in total. The first-order valence-electron chi connectivity index (χ1n) is 7.10. The predicted octanol–water partition coefficient (Wildman–Crippen LogP) is 3.08. The lowest BCUT2D eigenvalue weighted by Crippen LogP contribution is -2.42. The van der Waals surface area contributed by atoms with E-state index in [1.165, 1.54) is 0 Å². The minimum atomic E-state index is -1.11. The van der Waals surface area contributed by atoms with Crippen LogP contribution in [0.5, 0.6) is 0 Å². The zero-order valence-corrected chi connectivity index (χ0v) is 14.7. The van der Waals surface area contributed by atoms with Crippen molar-refractivity contribution in [3.05, 3.63) is 65.7 Å². The van der Waals surface area contributed by atoms with Gasteiger partial charge in [0.1, 0.15) is 6.04 Å². The van der Waals surface area contributed by atoms with Crippen molar-refractivity contribution in [3.63, 3.8) is 0 Å². The predicted molar refractivity (Wildman–Crippen MR) is 98.5 cm³/mol. The van der Waals surface area contributed by atoms with E-state index in [0.29, 0.717) is 11.3 Å². The van der Waals surface area contributed by atoms with Crippen LogP contribution in [0.3, 0.4) is 0 Å². The molecule has 1 atom stereocenters. The third-order valence-corrected chi connectivity index (χ3v) is 3.55. The van der Waals surface area contributed by atoms with E-state index < -0.39 is 17.9 Å². The SMILES string of the molecule is O=C(I)Nc1ccc(CC(NC(=O)c2ccccc2)C(=O)O)cc1. The maximum atomic E-state index is 12.1. The van der Waals surface area contributed by atoms with Crippen molar-refractivity contribution in [2.75, 3.05) is 5.32 Å². The van der Waals surface area contributed by atoms with Crippen molar-refractivity contribution in [1.82, 2.24) is 5.32 Å². The number of carboxylic acids is 1. The van der Waals surface area contributed by atoms with E-state index >= 15 is 0 Å². The summed E-state index contributed by atoms with van der Waals surface area (Å²) in [5.74, 6) is -1.54. The van der Waals surface area contributed by atoms with Gasteiger partial charge in [0.15, 0.2) is 0 Å². The third-order valence-electron chi connectivity index (χ3n) is 3.28. The normalized spacial score (nSPS) is 11.4. The van der Waals surface area contributed by atoms with Crippen LogP contribution in [0.1, 0.15) is 15.9 Å². The Kier molecular flexibility index (Phi) is 6.30. The molecule has 7 heteroatoms. The first kappa shape index (κ1) is 17.9. The van der Waals surface area contributed by atoms with Crippen molar-refractivity contribution in [1.29, 1.82) is 0 Å². The fourth-order valence-corrected chi connectivity index (χ4v) is 2.42. The minimum Gasteiger partial charge on any atom is -0.480 e. The van der Waals surface area contributed by atoms with Crippen LogP contribution in [0, 0.1) is 0 Å². The molecule has 0 aliphatic heterocycles. The second-order valence-electron chi connectivity index (χ2n) is 5.03. The Morgan fingerprint density at radius 2 is 1.62 bits per heavy atom. The molecule has 2 aromatic carbocycles. The van der Waals surface area contributed by atoms with Crippen LogP contribution in [0.25, 0.3) is 0 Å². The van der Waals surface area contributed by atoms with Gasteiger partial charge in [0.05, 0.1) is 0 Å². The molecule has 0 bridgehead atoms. The summed E-state index contributed by atoms with van der Waals surface area (Å²) in [4.78, 5) is 34.5. The Bertz CT molecular complexity index is 732. The first-order valence-corrected chi connectivity index (χ1v) is 8.17. The molecule has 2 rings (SSSR count). The van der Waals surface area contributed by atoms with Crippen molar-refractivity contribution in [2.24, 2.45) is 0 Å². The maximum Gasteiger partial charge on any atom is 0.326 e. The Labute approximate surface area is 152 Å². The summed E-state index contributed by atoms with van der Waals surface area (Å²) < 4.78 is -0.209. The second-order valence-corrected chi connectivity index (χ2v) is 6.01. The molecule has 24 heavy (non-hydrogen) atoms. The second kappa shape index (κ2) is 8.44. The highest BCUT2D eigenvalue weighted by Crippen LogP contribution is 2.13. The first-order chi connectivity index (χ1) is 11.5. The quantitative estimate of drug-likeness (QED) is 0.367. The maximum absolute atomic E-state index is 12.1. The lowest BCUT2D eigenvalue weighted by molar-refractivity contribution is -0.139. The van der Waals surface area contributed by atoms with Crippen LogP contribution in [0.4, 0.5) is 10.5 Å². The minimum absolute atomic E-state index is 0.145. The fourth-order valence-electron chi connectivity index (χ4n) is 2.10. The fraction of sp³-hybridized carbons (Fsp3) is 0.118.